The van der Waals surface area contributed by atoms with Gasteiger partial charge in [-0.25, -0.2) is 9.59 Å². The number of aliphatic carboxylic acids is 1. The lowest BCUT2D eigenvalue weighted by Gasteiger charge is -2.25. The van der Waals surface area contributed by atoms with E-state index in [0.29, 0.717) is 6.42 Å². The lowest BCUT2D eigenvalue weighted by atomic mass is 9.98. The average molecular weight is 424 g/mol. The molecule has 0 heterocycles. The maximum atomic E-state index is 12.4. The largest absolute Gasteiger partial charge is 0.480 e. The summed E-state index contributed by atoms with van der Waals surface area (Å²) in [6.45, 7) is 3.59. The van der Waals surface area contributed by atoms with Gasteiger partial charge in [-0.1, -0.05) is 55.5 Å². The average Bonchev–Trinajstić information content (AvgIpc) is 3.06. The van der Waals surface area contributed by atoms with E-state index in [1.54, 1.807) is 13.8 Å². The number of likely N-dealkylation sites (N-methyl/N-ethyl adjacent to an activating group) is 1. The van der Waals surface area contributed by atoms with Crippen molar-refractivity contribution in [3.05, 3.63) is 59.7 Å². The van der Waals surface area contributed by atoms with Crippen LogP contribution in [0, 0.1) is 0 Å². The monoisotopic (exact) mass is 424 g/mol. The topological polar surface area (TPSA) is 95.9 Å². The number of fused-ring (bicyclic) bond motifs is 3. The molecule has 7 heteroatoms. The van der Waals surface area contributed by atoms with Crippen LogP contribution in [0.2, 0.25) is 0 Å². The number of rotatable bonds is 8. The van der Waals surface area contributed by atoms with Crippen molar-refractivity contribution < 1.29 is 24.2 Å². The van der Waals surface area contributed by atoms with E-state index in [4.69, 9.17) is 4.74 Å². The van der Waals surface area contributed by atoms with Crippen molar-refractivity contribution in [1.29, 1.82) is 0 Å². The number of carboxylic acid groups (broad SMARTS) is 1. The zero-order chi connectivity index (χ0) is 22.5. The molecule has 164 valence electrons. The van der Waals surface area contributed by atoms with Gasteiger partial charge < -0.3 is 20.1 Å². The Labute approximate surface area is 182 Å². The molecule has 31 heavy (non-hydrogen) atoms. The molecule has 2 atom stereocenters. The van der Waals surface area contributed by atoms with Crippen LogP contribution in [0.15, 0.2) is 48.5 Å². The Morgan fingerprint density at radius 2 is 1.61 bits per heavy atom. The van der Waals surface area contributed by atoms with E-state index in [9.17, 15) is 19.5 Å². The van der Waals surface area contributed by atoms with Gasteiger partial charge in [-0.05, 0) is 35.6 Å². The molecule has 2 aromatic rings. The summed E-state index contributed by atoms with van der Waals surface area (Å²) in [6.07, 6.45) is -0.300. The molecule has 1 unspecified atom stereocenters. The molecule has 0 saturated heterocycles. The van der Waals surface area contributed by atoms with Crippen LogP contribution < -0.4 is 5.32 Å². The number of nitrogens with zero attached hydrogens (tertiary/aromatic N) is 1. The third kappa shape index (κ3) is 4.87. The van der Waals surface area contributed by atoms with Crippen LogP contribution in [-0.4, -0.2) is 53.7 Å². The number of benzene rings is 2. The summed E-state index contributed by atoms with van der Waals surface area (Å²) in [6, 6.07) is 14.8. The SMILES string of the molecule is CCC(C(=O)O)N(C)C(=O)C[C@@H](C)NC(=O)OCC1c2ccccc2-c2ccccc21. The van der Waals surface area contributed by atoms with Gasteiger partial charge in [0.25, 0.3) is 0 Å². The minimum Gasteiger partial charge on any atom is -0.480 e. The third-order valence-corrected chi connectivity index (χ3v) is 5.72. The molecule has 2 aromatic carbocycles. The van der Waals surface area contributed by atoms with E-state index in [1.807, 2.05) is 36.4 Å². The Morgan fingerprint density at radius 1 is 1.06 bits per heavy atom. The van der Waals surface area contributed by atoms with E-state index in [0.717, 1.165) is 22.3 Å². The molecule has 1 aliphatic carbocycles. The molecule has 7 nitrogen and oxygen atoms in total. The van der Waals surface area contributed by atoms with Crippen molar-refractivity contribution in [3.8, 4) is 11.1 Å². The van der Waals surface area contributed by atoms with Crippen molar-refractivity contribution in [3.63, 3.8) is 0 Å². The molecule has 1 aliphatic rings. The number of hydrogen-bond acceptors (Lipinski definition) is 4. The highest BCUT2D eigenvalue weighted by molar-refractivity contribution is 5.84. The number of amides is 2. The van der Waals surface area contributed by atoms with Crippen molar-refractivity contribution in [2.75, 3.05) is 13.7 Å². The molecule has 0 spiro atoms. The molecule has 0 aromatic heterocycles. The molecule has 0 bridgehead atoms. The molecule has 0 aliphatic heterocycles. The van der Waals surface area contributed by atoms with Gasteiger partial charge in [0.15, 0.2) is 0 Å². The summed E-state index contributed by atoms with van der Waals surface area (Å²) in [5.74, 6) is -1.43. The van der Waals surface area contributed by atoms with Gasteiger partial charge in [-0.15, -0.1) is 0 Å². The first kappa shape index (κ1) is 22.3. The summed E-state index contributed by atoms with van der Waals surface area (Å²) in [5.41, 5.74) is 4.55. The standard InChI is InChI=1S/C24H28N2O5/c1-4-21(23(28)29)26(3)22(27)13-15(2)25-24(30)31-14-20-18-11-7-5-9-16(18)17-10-6-8-12-19(17)20/h5-12,15,20-21H,4,13-14H2,1-3H3,(H,25,30)(H,28,29)/t15-,21?/m1/s1. The van der Waals surface area contributed by atoms with Crippen LogP contribution in [0.1, 0.15) is 43.7 Å². The number of ether oxygens (including phenoxy) is 1. The van der Waals surface area contributed by atoms with Crippen LogP contribution in [0.3, 0.4) is 0 Å². The third-order valence-electron chi connectivity index (χ3n) is 5.72. The van der Waals surface area contributed by atoms with E-state index < -0.39 is 24.1 Å². The van der Waals surface area contributed by atoms with Crippen LogP contribution in [0.5, 0.6) is 0 Å². The fraction of sp³-hybridized carbons (Fsp3) is 0.375. The summed E-state index contributed by atoms with van der Waals surface area (Å²) in [5, 5.41) is 11.9. The number of carbonyl (C=O) groups is 3. The normalized spacial score (nSPS) is 14.2. The second-order valence-electron chi connectivity index (χ2n) is 7.84. The molecule has 2 N–H and O–H groups in total. The molecular formula is C24H28N2O5. The van der Waals surface area contributed by atoms with Crippen LogP contribution in [-0.2, 0) is 14.3 Å². The fourth-order valence-corrected chi connectivity index (χ4v) is 4.09. The number of hydrogen-bond donors (Lipinski definition) is 2. The molecule has 0 saturated carbocycles. The first-order chi connectivity index (χ1) is 14.8. The molecule has 0 fully saturated rings. The second-order valence-corrected chi connectivity index (χ2v) is 7.84. The number of carboxylic acids is 1. The van der Waals surface area contributed by atoms with Gasteiger partial charge in [0.1, 0.15) is 12.6 Å². The highest BCUT2D eigenvalue weighted by Gasteiger charge is 2.29. The van der Waals surface area contributed by atoms with Gasteiger partial charge in [0.2, 0.25) is 5.91 Å². The minimum atomic E-state index is -1.05. The predicted molar refractivity (Wildman–Crippen MR) is 117 cm³/mol. The van der Waals surface area contributed by atoms with Crippen LogP contribution in [0.4, 0.5) is 4.79 Å². The maximum Gasteiger partial charge on any atom is 0.407 e. The molecule has 3 rings (SSSR count). The Bertz CT molecular complexity index is 928. The first-order valence-electron chi connectivity index (χ1n) is 10.4. The van der Waals surface area contributed by atoms with Gasteiger partial charge in [0.05, 0.1) is 0 Å². The molecule has 0 radical (unpaired) electrons. The highest BCUT2D eigenvalue weighted by Crippen LogP contribution is 2.44. The van der Waals surface area contributed by atoms with Gasteiger partial charge >= 0.3 is 12.1 Å². The van der Waals surface area contributed by atoms with E-state index in [2.05, 4.69) is 17.4 Å². The van der Waals surface area contributed by atoms with Gasteiger partial charge in [-0.3, -0.25) is 4.79 Å². The summed E-state index contributed by atoms with van der Waals surface area (Å²) >= 11 is 0. The number of carbonyl (C=O) groups excluding carboxylic acids is 2. The Morgan fingerprint density at radius 3 is 2.13 bits per heavy atom. The number of nitrogens with one attached hydrogen (secondary N) is 1. The molecule has 2 amide bonds. The molecular weight excluding hydrogens is 396 g/mol. The zero-order valence-electron chi connectivity index (χ0n) is 18.0. The summed E-state index contributed by atoms with van der Waals surface area (Å²) in [7, 11) is 1.46. The van der Waals surface area contributed by atoms with Crippen molar-refractivity contribution in [2.24, 2.45) is 0 Å². The Kier molecular flexibility index (Phi) is 6.95. The fourth-order valence-electron chi connectivity index (χ4n) is 4.09. The number of alkyl carbamates (subject to hydrolysis) is 1. The lowest BCUT2D eigenvalue weighted by molar-refractivity contribution is -0.149. The first-order valence-corrected chi connectivity index (χ1v) is 10.4. The van der Waals surface area contributed by atoms with E-state index >= 15 is 0 Å². The quantitative estimate of drug-likeness (QED) is 0.675. The summed E-state index contributed by atoms with van der Waals surface area (Å²) in [4.78, 5) is 37.1. The Balaban J connectivity index is 1.56. The summed E-state index contributed by atoms with van der Waals surface area (Å²) < 4.78 is 5.49. The van der Waals surface area contributed by atoms with Crippen LogP contribution in [0.25, 0.3) is 11.1 Å². The van der Waals surface area contributed by atoms with Crippen molar-refractivity contribution in [2.45, 2.75) is 44.7 Å². The Hall–Kier alpha value is -3.35. The maximum absolute atomic E-state index is 12.4. The smallest absolute Gasteiger partial charge is 0.407 e. The zero-order valence-corrected chi connectivity index (χ0v) is 18.0. The lowest BCUT2D eigenvalue weighted by Crippen LogP contribution is -2.45. The van der Waals surface area contributed by atoms with E-state index in [1.165, 1.54) is 11.9 Å². The predicted octanol–water partition coefficient (Wildman–Crippen LogP) is 3.63. The minimum absolute atomic E-state index is 0.00945. The van der Waals surface area contributed by atoms with E-state index in [-0.39, 0.29) is 24.9 Å². The van der Waals surface area contributed by atoms with Crippen molar-refractivity contribution in [1.82, 2.24) is 10.2 Å². The van der Waals surface area contributed by atoms with Gasteiger partial charge in [0, 0.05) is 25.4 Å². The second kappa shape index (κ2) is 9.64. The van der Waals surface area contributed by atoms with Crippen LogP contribution >= 0.6 is 0 Å². The highest BCUT2D eigenvalue weighted by atomic mass is 16.5. The van der Waals surface area contributed by atoms with Gasteiger partial charge in [-0.2, -0.15) is 0 Å². The van der Waals surface area contributed by atoms with Crippen molar-refractivity contribution >= 4 is 18.0 Å².